The van der Waals surface area contributed by atoms with E-state index in [1.165, 1.54) is 0 Å². The van der Waals surface area contributed by atoms with Crippen LogP contribution in [0.1, 0.15) is 46.6 Å². The monoisotopic (exact) mass is 462 g/mol. The summed E-state index contributed by atoms with van der Waals surface area (Å²) < 4.78 is 5.30. The van der Waals surface area contributed by atoms with Gasteiger partial charge in [-0.2, -0.15) is 0 Å². The molecule has 0 aliphatic carbocycles. The Labute approximate surface area is 196 Å². The summed E-state index contributed by atoms with van der Waals surface area (Å²) in [5.41, 5.74) is 0.216. The van der Waals surface area contributed by atoms with Crippen LogP contribution in [0.5, 0.6) is 0 Å². The van der Waals surface area contributed by atoms with E-state index in [-0.39, 0.29) is 30.8 Å². The van der Waals surface area contributed by atoms with Crippen LogP contribution >= 0.6 is 0 Å². The SMILES string of the molecule is CC(C)CC(NCCNC(=O)C(Cc1ccccc1)NC(=O)OC(C)(C)C)C(=O)NCC=O. The summed E-state index contributed by atoms with van der Waals surface area (Å²) in [5.74, 6) is -0.333. The normalized spacial score (nSPS) is 13.0. The topological polar surface area (TPSA) is 126 Å². The Kier molecular flexibility index (Phi) is 12.1. The molecule has 184 valence electrons. The number of hydrogen-bond donors (Lipinski definition) is 4. The molecule has 2 atom stereocenters. The Bertz CT molecular complexity index is 762. The fourth-order valence-electron chi connectivity index (χ4n) is 3.08. The van der Waals surface area contributed by atoms with Crippen molar-refractivity contribution in [2.75, 3.05) is 19.6 Å². The Morgan fingerprint density at radius 3 is 2.18 bits per heavy atom. The maximum atomic E-state index is 12.8. The molecule has 0 spiro atoms. The van der Waals surface area contributed by atoms with Crippen molar-refractivity contribution < 1.29 is 23.9 Å². The number of hydrogen-bond acceptors (Lipinski definition) is 6. The largest absolute Gasteiger partial charge is 0.444 e. The second kappa shape index (κ2) is 14.3. The zero-order valence-electron chi connectivity index (χ0n) is 20.3. The second-order valence-electron chi connectivity index (χ2n) is 9.23. The lowest BCUT2D eigenvalue weighted by molar-refractivity contribution is -0.124. The summed E-state index contributed by atoms with van der Waals surface area (Å²) in [7, 11) is 0. The molecule has 3 amide bonds. The minimum absolute atomic E-state index is 0.0383. The molecule has 2 unspecified atom stereocenters. The van der Waals surface area contributed by atoms with Crippen molar-refractivity contribution in [3.63, 3.8) is 0 Å². The molecule has 1 aromatic rings. The summed E-state index contributed by atoms with van der Waals surface area (Å²) in [5, 5.41) is 11.1. The third kappa shape index (κ3) is 12.6. The van der Waals surface area contributed by atoms with Gasteiger partial charge in [0, 0.05) is 19.5 Å². The summed E-state index contributed by atoms with van der Waals surface area (Å²) >= 11 is 0. The van der Waals surface area contributed by atoms with Crippen molar-refractivity contribution in [1.82, 2.24) is 21.3 Å². The molecule has 1 rings (SSSR count). The molecule has 4 N–H and O–H groups in total. The van der Waals surface area contributed by atoms with Crippen molar-refractivity contribution in [2.24, 2.45) is 5.92 Å². The summed E-state index contributed by atoms with van der Waals surface area (Å²) in [6.07, 6.45) is 0.870. The first-order valence-corrected chi connectivity index (χ1v) is 11.3. The summed E-state index contributed by atoms with van der Waals surface area (Å²) in [4.78, 5) is 47.8. The maximum absolute atomic E-state index is 12.8. The van der Waals surface area contributed by atoms with Gasteiger partial charge in [-0.1, -0.05) is 44.2 Å². The third-order valence-corrected chi connectivity index (χ3v) is 4.49. The minimum atomic E-state index is -0.815. The molecule has 0 radical (unpaired) electrons. The van der Waals surface area contributed by atoms with Gasteiger partial charge in [0.15, 0.2) is 0 Å². The molecular formula is C24H38N4O5. The molecule has 33 heavy (non-hydrogen) atoms. The molecule has 0 saturated heterocycles. The average Bonchev–Trinajstić information content (AvgIpc) is 2.72. The molecule has 0 bridgehead atoms. The van der Waals surface area contributed by atoms with Crippen LogP contribution in [0.3, 0.4) is 0 Å². The predicted octanol–water partition coefficient (Wildman–Crippen LogP) is 1.56. The molecule has 9 nitrogen and oxygen atoms in total. The highest BCUT2D eigenvalue weighted by Crippen LogP contribution is 2.09. The molecule has 0 fully saturated rings. The van der Waals surface area contributed by atoms with Crippen LogP contribution in [-0.4, -0.2) is 61.5 Å². The number of nitrogens with one attached hydrogen (secondary N) is 4. The van der Waals surface area contributed by atoms with Crippen LogP contribution in [0.4, 0.5) is 4.79 Å². The highest BCUT2D eigenvalue weighted by molar-refractivity contribution is 5.86. The highest BCUT2D eigenvalue weighted by atomic mass is 16.6. The number of alkyl carbamates (subject to hydrolysis) is 1. The van der Waals surface area contributed by atoms with E-state index in [9.17, 15) is 19.2 Å². The predicted molar refractivity (Wildman–Crippen MR) is 127 cm³/mol. The van der Waals surface area contributed by atoms with Gasteiger partial charge in [0.25, 0.3) is 0 Å². The number of benzene rings is 1. The van der Waals surface area contributed by atoms with Gasteiger partial charge in [-0.3, -0.25) is 9.59 Å². The Morgan fingerprint density at radius 2 is 1.61 bits per heavy atom. The Hall–Kier alpha value is -2.94. The van der Waals surface area contributed by atoms with Crippen LogP contribution in [0, 0.1) is 5.92 Å². The zero-order chi connectivity index (χ0) is 24.9. The number of carbonyl (C=O) groups excluding carboxylic acids is 4. The quantitative estimate of drug-likeness (QED) is 0.260. The number of ether oxygens (including phenoxy) is 1. The van der Waals surface area contributed by atoms with Crippen molar-refractivity contribution in [2.45, 2.75) is 65.1 Å². The van der Waals surface area contributed by atoms with Crippen LogP contribution in [0.15, 0.2) is 30.3 Å². The zero-order valence-corrected chi connectivity index (χ0v) is 20.3. The van der Waals surface area contributed by atoms with Gasteiger partial charge in [-0.05, 0) is 38.7 Å². The standard InChI is InChI=1S/C24H38N4O5/c1-17(2)15-19(21(30)27-13-14-29)25-11-12-26-22(31)20(16-18-9-7-6-8-10-18)28-23(32)33-24(3,4)5/h6-10,14,17,19-20,25H,11-13,15-16H2,1-5H3,(H,26,31)(H,27,30)(H,28,32). The van der Waals surface area contributed by atoms with Gasteiger partial charge in [0.1, 0.15) is 17.9 Å². The fourth-order valence-corrected chi connectivity index (χ4v) is 3.08. The van der Waals surface area contributed by atoms with Crippen LogP contribution in [0.2, 0.25) is 0 Å². The minimum Gasteiger partial charge on any atom is -0.444 e. The molecular weight excluding hydrogens is 424 g/mol. The smallest absolute Gasteiger partial charge is 0.408 e. The first-order valence-electron chi connectivity index (χ1n) is 11.3. The fraction of sp³-hybridized carbons (Fsp3) is 0.583. The highest BCUT2D eigenvalue weighted by Gasteiger charge is 2.25. The lowest BCUT2D eigenvalue weighted by Gasteiger charge is -2.24. The van der Waals surface area contributed by atoms with E-state index in [0.717, 1.165) is 5.56 Å². The van der Waals surface area contributed by atoms with E-state index in [0.29, 0.717) is 25.7 Å². The molecule has 1 aromatic carbocycles. The van der Waals surface area contributed by atoms with Gasteiger partial charge in [0.05, 0.1) is 12.6 Å². The van der Waals surface area contributed by atoms with Crippen LogP contribution in [-0.2, 0) is 25.5 Å². The Balaban J connectivity index is 2.68. The van der Waals surface area contributed by atoms with E-state index in [1.54, 1.807) is 20.8 Å². The molecule has 0 heterocycles. The van der Waals surface area contributed by atoms with Gasteiger partial charge in [-0.15, -0.1) is 0 Å². The van der Waals surface area contributed by atoms with Gasteiger partial charge in [0.2, 0.25) is 11.8 Å². The molecule has 9 heteroatoms. The van der Waals surface area contributed by atoms with E-state index in [1.807, 2.05) is 44.2 Å². The summed E-state index contributed by atoms with van der Waals surface area (Å²) in [6.45, 7) is 9.83. The van der Waals surface area contributed by atoms with Crippen molar-refractivity contribution in [3.05, 3.63) is 35.9 Å². The van der Waals surface area contributed by atoms with Crippen LogP contribution < -0.4 is 21.3 Å². The van der Waals surface area contributed by atoms with E-state index >= 15 is 0 Å². The second-order valence-corrected chi connectivity index (χ2v) is 9.23. The first kappa shape index (κ1) is 28.1. The lowest BCUT2D eigenvalue weighted by atomic mass is 10.0. The van der Waals surface area contributed by atoms with Crippen molar-refractivity contribution in [3.8, 4) is 0 Å². The van der Waals surface area contributed by atoms with Gasteiger partial charge in [-0.25, -0.2) is 4.79 Å². The van der Waals surface area contributed by atoms with Crippen LogP contribution in [0.25, 0.3) is 0 Å². The van der Waals surface area contributed by atoms with E-state index < -0.39 is 23.8 Å². The average molecular weight is 463 g/mol. The van der Waals surface area contributed by atoms with Gasteiger partial charge >= 0.3 is 6.09 Å². The van der Waals surface area contributed by atoms with Crippen molar-refractivity contribution >= 4 is 24.2 Å². The Morgan fingerprint density at radius 1 is 0.970 bits per heavy atom. The lowest BCUT2D eigenvalue weighted by Crippen LogP contribution is -2.51. The molecule has 0 aliphatic heterocycles. The molecule has 0 saturated carbocycles. The number of amides is 3. The molecule has 0 aromatic heterocycles. The van der Waals surface area contributed by atoms with Gasteiger partial charge < -0.3 is 30.8 Å². The van der Waals surface area contributed by atoms with E-state index in [4.69, 9.17) is 4.74 Å². The number of aldehydes is 1. The maximum Gasteiger partial charge on any atom is 0.408 e. The number of carbonyl (C=O) groups is 4. The van der Waals surface area contributed by atoms with E-state index in [2.05, 4.69) is 21.3 Å². The number of rotatable bonds is 13. The first-order chi connectivity index (χ1) is 15.5. The molecule has 0 aliphatic rings. The van der Waals surface area contributed by atoms with Crippen molar-refractivity contribution in [1.29, 1.82) is 0 Å². The summed E-state index contributed by atoms with van der Waals surface area (Å²) in [6, 6.07) is 8.09. The third-order valence-electron chi connectivity index (χ3n) is 4.49.